The minimum Gasteiger partial charge on any atom is -0.496 e. The third-order valence-corrected chi connectivity index (χ3v) is 4.24. The smallest absolute Gasteiger partial charge is 0.249 e. The predicted molar refractivity (Wildman–Crippen MR) is 112 cm³/mol. The third-order valence-electron chi connectivity index (χ3n) is 4.24. The van der Waals surface area contributed by atoms with Gasteiger partial charge in [-0.25, -0.2) is 5.43 Å². The summed E-state index contributed by atoms with van der Waals surface area (Å²) in [5.41, 5.74) is 3.61. The van der Waals surface area contributed by atoms with E-state index in [4.69, 9.17) is 9.47 Å². The first-order valence-corrected chi connectivity index (χ1v) is 8.93. The van der Waals surface area contributed by atoms with Crippen molar-refractivity contribution in [2.75, 3.05) is 19.5 Å². The van der Waals surface area contributed by atoms with Gasteiger partial charge < -0.3 is 14.8 Å². The van der Waals surface area contributed by atoms with Crippen LogP contribution in [0.4, 0.5) is 5.69 Å². The Balaban J connectivity index is 1.64. The summed E-state index contributed by atoms with van der Waals surface area (Å²) < 4.78 is 10.6. The lowest BCUT2D eigenvalue weighted by atomic mass is 10.0. The van der Waals surface area contributed by atoms with Gasteiger partial charge in [-0.3, -0.25) is 9.59 Å². The number of benzene rings is 3. The first-order chi connectivity index (χ1) is 14.1. The van der Waals surface area contributed by atoms with E-state index in [-0.39, 0.29) is 6.42 Å². The molecule has 0 saturated carbocycles. The molecular weight excluding hydrogens is 370 g/mol. The van der Waals surface area contributed by atoms with E-state index in [9.17, 15) is 9.59 Å². The molecule has 0 bridgehead atoms. The summed E-state index contributed by atoms with van der Waals surface area (Å²) >= 11 is 0. The zero-order chi connectivity index (χ0) is 20.6. The average molecular weight is 391 g/mol. The maximum atomic E-state index is 12.1. The molecule has 0 radical (unpaired) electrons. The molecule has 0 aromatic heterocycles. The molecule has 0 saturated heterocycles. The third kappa shape index (κ3) is 4.90. The Bertz CT molecular complexity index is 1060. The molecule has 0 atom stereocenters. The van der Waals surface area contributed by atoms with E-state index in [0.717, 1.165) is 16.3 Å². The van der Waals surface area contributed by atoms with Crippen molar-refractivity contribution in [2.24, 2.45) is 5.10 Å². The quantitative estimate of drug-likeness (QED) is 0.367. The molecule has 0 aliphatic heterocycles. The van der Waals surface area contributed by atoms with E-state index in [1.807, 2.05) is 36.4 Å². The van der Waals surface area contributed by atoms with Crippen LogP contribution in [0.3, 0.4) is 0 Å². The van der Waals surface area contributed by atoms with Gasteiger partial charge in [-0.15, -0.1) is 0 Å². The molecule has 3 rings (SSSR count). The zero-order valence-corrected chi connectivity index (χ0v) is 16.1. The molecule has 7 nitrogen and oxygen atoms in total. The highest BCUT2D eigenvalue weighted by Crippen LogP contribution is 2.26. The summed E-state index contributed by atoms with van der Waals surface area (Å²) in [6, 6.07) is 18.5. The van der Waals surface area contributed by atoms with Gasteiger partial charge in [0, 0.05) is 5.56 Å². The summed E-state index contributed by atoms with van der Waals surface area (Å²) in [5, 5.41) is 8.60. The van der Waals surface area contributed by atoms with Crippen molar-refractivity contribution < 1.29 is 19.1 Å². The fraction of sp³-hybridized carbons (Fsp3) is 0.136. The summed E-state index contributed by atoms with van der Waals surface area (Å²) in [4.78, 5) is 24.2. The second-order valence-corrected chi connectivity index (χ2v) is 6.12. The van der Waals surface area contributed by atoms with E-state index in [0.29, 0.717) is 17.2 Å². The van der Waals surface area contributed by atoms with E-state index in [2.05, 4.69) is 15.8 Å². The summed E-state index contributed by atoms with van der Waals surface area (Å²) in [6.45, 7) is 0. The van der Waals surface area contributed by atoms with Crippen molar-refractivity contribution >= 4 is 34.5 Å². The minimum atomic E-state index is -0.534. The van der Waals surface area contributed by atoms with Crippen molar-refractivity contribution in [3.05, 3.63) is 66.2 Å². The van der Waals surface area contributed by atoms with Crippen LogP contribution in [-0.4, -0.2) is 32.2 Å². The molecule has 3 aromatic rings. The molecule has 0 aliphatic carbocycles. The highest BCUT2D eigenvalue weighted by molar-refractivity contribution is 6.05. The van der Waals surface area contributed by atoms with Crippen molar-refractivity contribution in [3.63, 3.8) is 0 Å². The number of amides is 2. The van der Waals surface area contributed by atoms with Gasteiger partial charge in [-0.1, -0.05) is 42.5 Å². The van der Waals surface area contributed by atoms with Crippen molar-refractivity contribution in [1.82, 2.24) is 5.43 Å². The number of anilines is 1. The number of fused-ring (bicyclic) bond motifs is 1. The topological polar surface area (TPSA) is 89.0 Å². The molecule has 29 heavy (non-hydrogen) atoms. The summed E-state index contributed by atoms with van der Waals surface area (Å²) in [7, 11) is 3.08. The zero-order valence-electron chi connectivity index (χ0n) is 16.1. The van der Waals surface area contributed by atoms with E-state index in [1.54, 1.807) is 31.4 Å². The van der Waals surface area contributed by atoms with Crippen molar-refractivity contribution in [1.29, 1.82) is 0 Å². The SMILES string of the molecule is COc1ccccc1NC(=O)CC(=O)NN=Cc1c(OC)ccc2ccccc12. The van der Waals surface area contributed by atoms with Crippen LogP contribution in [-0.2, 0) is 9.59 Å². The number of hydrogen-bond donors (Lipinski definition) is 2. The molecule has 0 aliphatic rings. The van der Waals surface area contributed by atoms with Crippen LogP contribution in [0.25, 0.3) is 10.8 Å². The van der Waals surface area contributed by atoms with E-state index in [1.165, 1.54) is 13.3 Å². The lowest BCUT2D eigenvalue weighted by molar-refractivity contribution is -0.126. The molecule has 0 spiro atoms. The van der Waals surface area contributed by atoms with Crippen LogP contribution in [0.5, 0.6) is 11.5 Å². The Labute approximate surface area is 168 Å². The van der Waals surface area contributed by atoms with Crippen LogP contribution >= 0.6 is 0 Å². The maximum absolute atomic E-state index is 12.1. The Morgan fingerprint density at radius 3 is 2.41 bits per heavy atom. The monoisotopic (exact) mass is 391 g/mol. The predicted octanol–water partition coefficient (Wildman–Crippen LogP) is 3.34. The van der Waals surface area contributed by atoms with Gasteiger partial charge in [0.1, 0.15) is 17.9 Å². The molecule has 3 aromatic carbocycles. The largest absolute Gasteiger partial charge is 0.496 e. The highest BCUT2D eigenvalue weighted by atomic mass is 16.5. The second kappa shape index (κ2) is 9.36. The number of carbonyl (C=O) groups excluding carboxylic acids is 2. The average Bonchev–Trinajstić information content (AvgIpc) is 2.74. The number of rotatable bonds is 7. The van der Waals surface area contributed by atoms with E-state index < -0.39 is 11.8 Å². The van der Waals surface area contributed by atoms with Crippen LogP contribution < -0.4 is 20.2 Å². The van der Waals surface area contributed by atoms with Crippen molar-refractivity contribution in [2.45, 2.75) is 6.42 Å². The summed E-state index contributed by atoms with van der Waals surface area (Å²) in [5.74, 6) is 0.149. The number of carbonyl (C=O) groups is 2. The molecule has 0 unspecified atom stereocenters. The number of nitrogens with zero attached hydrogens (tertiary/aromatic N) is 1. The molecule has 2 amide bonds. The molecule has 2 N–H and O–H groups in total. The first kappa shape index (κ1) is 19.9. The molecule has 0 heterocycles. The van der Waals surface area contributed by atoms with Crippen LogP contribution in [0.15, 0.2) is 65.8 Å². The van der Waals surface area contributed by atoms with Crippen molar-refractivity contribution in [3.8, 4) is 11.5 Å². The number of nitrogens with one attached hydrogen (secondary N) is 2. The first-order valence-electron chi connectivity index (χ1n) is 8.93. The van der Waals surface area contributed by atoms with Gasteiger partial charge in [0.05, 0.1) is 26.1 Å². The van der Waals surface area contributed by atoms with Gasteiger partial charge in [0.15, 0.2) is 0 Å². The van der Waals surface area contributed by atoms with Crippen LogP contribution in [0.2, 0.25) is 0 Å². The van der Waals surface area contributed by atoms with Gasteiger partial charge >= 0.3 is 0 Å². The highest BCUT2D eigenvalue weighted by Gasteiger charge is 2.12. The molecule has 7 heteroatoms. The van der Waals surface area contributed by atoms with Gasteiger partial charge in [-0.2, -0.15) is 5.10 Å². The number of hydrogen-bond acceptors (Lipinski definition) is 5. The van der Waals surface area contributed by atoms with Gasteiger partial charge in [-0.05, 0) is 29.0 Å². The second-order valence-electron chi connectivity index (χ2n) is 6.12. The summed E-state index contributed by atoms with van der Waals surface area (Å²) in [6.07, 6.45) is 1.14. The standard InChI is InChI=1S/C22H21N3O4/c1-28-19-12-11-15-7-3-4-8-16(15)17(19)14-23-25-22(27)13-21(26)24-18-9-5-6-10-20(18)29-2/h3-12,14H,13H2,1-2H3,(H,24,26)(H,25,27). The van der Waals surface area contributed by atoms with Crippen LogP contribution in [0, 0.1) is 0 Å². The Hall–Kier alpha value is -3.87. The Morgan fingerprint density at radius 2 is 1.62 bits per heavy atom. The maximum Gasteiger partial charge on any atom is 0.249 e. The minimum absolute atomic E-state index is 0.373. The number of ether oxygens (including phenoxy) is 2. The molecule has 148 valence electrons. The lowest BCUT2D eigenvalue weighted by Crippen LogP contribution is -2.24. The van der Waals surface area contributed by atoms with Crippen LogP contribution in [0.1, 0.15) is 12.0 Å². The number of methoxy groups -OCH3 is 2. The molecular formula is C22H21N3O4. The Morgan fingerprint density at radius 1 is 0.897 bits per heavy atom. The number of para-hydroxylation sites is 2. The van der Waals surface area contributed by atoms with E-state index >= 15 is 0 Å². The Kier molecular flexibility index (Phi) is 6.42. The van der Waals surface area contributed by atoms with Gasteiger partial charge in [0.25, 0.3) is 0 Å². The lowest BCUT2D eigenvalue weighted by Gasteiger charge is -2.09. The van der Waals surface area contributed by atoms with Gasteiger partial charge in [0.2, 0.25) is 11.8 Å². The normalized spacial score (nSPS) is 10.7. The fourth-order valence-corrected chi connectivity index (χ4v) is 2.88. The fourth-order valence-electron chi connectivity index (χ4n) is 2.88. The molecule has 0 fully saturated rings. The number of hydrazone groups is 1.